The van der Waals surface area contributed by atoms with Gasteiger partial charge in [0.05, 0.1) is 12.2 Å². The SMILES string of the molecule is CC1CN(CC/C(N)=N/O)CC(C)O1. The zero-order valence-electron chi connectivity index (χ0n) is 8.81. The van der Waals surface area contributed by atoms with Gasteiger partial charge in [-0.15, -0.1) is 0 Å². The smallest absolute Gasteiger partial charge is 0.140 e. The molecule has 2 atom stereocenters. The van der Waals surface area contributed by atoms with Crippen molar-refractivity contribution >= 4 is 5.84 Å². The van der Waals surface area contributed by atoms with Crippen LogP contribution < -0.4 is 5.73 Å². The van der Waals surface area contributed by atoms with Gasteiger partial charge < -0.3 is 15.7 Å². The van der Waals surface area contributed by atoms with E-state index in [-0.39, 0.29) is 18.0 Å². The second-order valence-electron chi connectivity index (χ2n) is 3.86. The summed E-state index contributed by atoms with van der Waals surface area (Å²) in [5.74, 6) is 0.289. The Kier molecular flexibility index (Phi) is 4.16. The molecule has 1 rings (SSSR count). The van der Waals surface area contributed by atoms with Crippen LogP contribution >= 0.6 is 0 Å². The van der Waals surface area contributed by atoms with E-state index in [1.54, 1.807) is 0 Å². The molecular formula is C9H19N3O2. The Labute approximate surface area is 84.5 Å². The Morgan fingerprint density at radius 1 is 1.50 bits per heavy atom. The second-order valence-corrected chi connectivity index (χ2v) is 3.86. The van der Waals surface area contributed by atoms with E-state index < -0.39 is 0 Å². The topological polar surface area (TPSA) is 71.1 Å². The summed E-state index contributed by atoms with van der Waals surface area (Å²) in [5, 5.41) is 11.3. The van der Waals surface area contributed by atoms with Crippen LogP contribution in [0.15, 0.2) is 5.16 Å². The van der Waals surface area contributed by atoms with Crippen LogP contribution in [0.4, 0.5) is 0 Å². The quantitative estimate of drug-likeness (QED) is 0.297. The van der Waals surface area contributed by atoms with Gasteiger partial charge in [-0.2, -0.15) is 0 Å². The van der Waals surface area contributed by atoms with E-state index in [9.17, 15) is 0 Å². The summed E-state index contributed by atoms with van der Waals surface area (Å²) in [6.45, 7) is 6.79. The summed E-state index contributed by atoms with van der Waals surface area (Å²) >= 11 is 0. The molecule has 1 fully saturated rings. The Morgan fingerprint density at radius 3 is 2.57 bits per heavy atom. The largest absolute Gasteiger partial charge is 0.409 e. The highest BCUT2D eigenvalue weighted by atomic mass is 16.5. The molecule has 0 aliphatic carbocycles. The molecule has 5 nitrogen and oxygen atoms in total. The summed E-state index contributed by atoms with van der Waals surface area (Å²) in [4.78, 5) is 2.27. The minimum atomic E-state index is 0.269. The Morgan fingerprint density at radius 2 is 2.07 bits per heavy atom. The number of oxime groups is 1. The fraction of sp³-hybridized carbons (Fsp3) is 0.889. The molecule has 82 valence electrons. The van der Waals surface area contributed by atoms with Crippen molar-refractivity contribution in [2.24, 2.45) is 10.9 Å². The van der Waals surface area contributed by atoms with Gasteiger partial charge in [-0.3, -0.25) is 4.90 Å². The lowest BCUT2D eigenvalue weighted by atomic mass is 10.2. The van der Waals surface area contributed by atoms with E-state index in [1.807, 2.05) is 0 Å². The Bertz CT molecular complexity index is 198. The molecule has 0 spiro atoms. The highest BCUT2D eigenvalue weighted by Crippen LogP contribution is 2.10. The first kappa shape index (κ1) is 11.3. The van der Waals surface area contributed by atoms with E-state index in [2.05, 4.69) is 23.9 Å². The van der Waals surface area contributed by atoms with Gasteiger partial charge in [0.15, 0.2) is 0 Å². The molecule has 14 heavy (non-hydrogen) atoms. The van der Waals surface area contributed by atoms with Crippen molar-refractivity contribution in [3.8, 4) is 0 Å². The summed E-state index contributed by atoms with van der Waals surface area (Å²) in [5.41, 5.74) is 5.40. The fourth-order valence-electron chi connectivity index (χ4n) is 1.79. The minimum Gasteiger partial charge on any atom is -0.409 e. The molecule has 1 saturated heterocycles. The molecule has 1 aliphatic rings. The van der Waals surface area contributed by atoms with Crippen LogP contribution in [0, 0.1) is 0 Å². The third-order valence-corrected chi connectivity index (χ3v) is 2.31. The van der Waals surface area contributed by atoms with Crippen LogP contribution in [0.1, 0.15) is 20.3 Å². The third-order valence-electron chi connectivity index (χ3n) is 2.31. The zero-order valence-corrected chi connectivity index (χ0v) is 8.81. The standard InChI is InChI=1S/C9H19N3O2/c1-7-5-12(6-8(2)14-7)4-3-9(10)11-13/h7-8,13H,3-6H2,1-2H3,(H2,10,11). The maximum Gasteiger partial charge on any atom is 0.140 e. The number of hydrogen-bond acceptors (Lipinski definition) is 4. The van der Waals surface area contributed by atoms with Crippen molar-refractivity contribution in [1.29, 1.82) is 0 Å². The molecular weight excluding hydrogens is 182 g/mol. The number of nitrogens with two attached hydrogens (primary N) is 1. The summed E-state index contributed by atoms with van der Waals surface area (Å²) in [7, 11) is 0. The predicted molar refractivity (Wildman–Crippen MR) is 54.5 cm³/mol. The van der Waals surface area contributed by atoms with Gasteiger partial charge in [-0.05, 0) is 13.8 Å². The third kappa shape index (κ3) is 3.51. The van der Waals surface area contributed by atoms with Crippen molar-refractivity contribution in [2.45, 2.75) is 32.5 Å². The highest BCUT2D eigenvalue weighted by molar-refractivity contribution is 5.79. The van der Waals surface area contributed by atoms with Crippen molar-refractivity contribution in [1.82, 2.24) is 4.90 Å². The van der Waals surface area contributed by atoms with Crippen LogP contribution in [0.2, 0.25) is 0 Å². The molecule has 1 aliphatic heterocycles. The van der Waals surface area contributed by atoms with Gasteiger partial charge in [0.25, 0.3) is 0 Å². The highest BCUT2D eigenvalue weighted by Gasteiger charge is 2.21. The lowest BCUT2D eigenvalue weighted by molar-refractivity contribution is -0.0671. The zero-order chi connectivity index (χ0) is 10.6. The molecule has 0 bridgehead atoms. The maximum atomic E-state index is 8.39. The average molecular weight is 201 g/mol. The van der Waals surface area contributed by atoms with Gasteiger partial charge in [0, 0.05) is 26.1 Å². The van der Waals surface area contributed by atoms with E-state index in [4.69, 9.17) is 15.7 Å². The predicted octanol–water partition coefficient (Wildman–Crippen LogP) is 0.232. The van der Waals surface area contributed by atoms with Gasteiger partial charge in [-0.1, -0.05) is 5.16 Å². The summed E-state index contributed by atoms with van der Waals surface area (Å²) < 4.78 is 5.60. The molecule has 1 heterocycles. The fourth-order valence-corrected chi connectivity index (χ4v) is 1.79. The Balaban J connectivity index is 2.30. The molecule has 0 radical (unpaired) electrons. The number of rotatable bonds is 3. The lowest BCUT2D eigenvalue weighted by Crippen LogP contribution is -2.46. The van der Waals surface area contributed by atoms with E-state index in [0.717, 1.165) is 19.6 Å². The maximum absolute atomic E-state index is 8.39. The van der Waals surface area contributed by atoms with Gasteiger partial charge >= 0.3 is 0 Å². The monoisotopic (exact) mass is 201 g/mol. The number of morpholine rings is 1. The second kappa shape index (κ2) is 5.17. The first-order chi connectivity index (χ1) is 6.61. The number of ether oxygens (including phenoxy) is 1. The molecule has 0 aromatic carbocycles. The number of nitrogens with zero attached hydrogens (tertiary/aromatic N) is 2. The van der Waals surface area contributed by atoms with E-state index in [0.29, 0.717) is 6.42 Å². The molecule has 2 unspecified atom stereocenters. The number of hydrogen-bond donors (Lipinski definition) is 2. The van der Waals surface area contributed by atoms with E-state index >= 15 is 0 Å². The first-order valence-corrected chi connectivity index (χ1v) is 4.96. The molecule has 3 N–H and O–H groups in total. The van der Waals surface area contributed by atoms with Crippen molar-refractivity contribution in [3.05, 3.63) is 0 Å². The van der Waals surface area contributed by atoms with Crippen molar-refractivity contribution < 1.29 is 9.94 Å². The van der Waals surface area contributed by atoms with Crippen LogP contribution in [-0.2, 0) is 4.74 Å². The van der Waals surface area contributed by atoms with Crippen molar-refractivity contribution in [2.75, 3.05) is 19.6 Å². The van der Waals surface area contributed by atoms with Crippen LogP contribution in [0.3, 0.4) is 0 Å². The summed E-state index contributed by atoms with van der Waals surface area (Å²) in [6.07, 6.45) is 1.15. The lowest BCUT2D eigenvalue weighted by Gasteiger charge is -2.35. The Hall–Kier alpha value is -0.810. The molecule has 0 saturated carbocycles. The minimum absolute atomic E-state index is 0.269. The molecule has 0 aromatic heterocycles. The van der Waals surface area contributed by atoms with Crippen LogP contribution in [0.5, 0.6) is 0 Å². The number of amidine groups is 1. The summed E-state index contributed by atoms with van der Waals surface area (Å²) in [6, 6.07) is 0. The van der Waals surface area contributed by atoms with Crippen molar-refractivity contribution in [3.63, 3.8) is 0 Å². The van der Waals surface area contributed by atoms with Crippen LogP contribution in [-0.4, -0.2) is 47.8 Å². The first-order valence-electron chi connectivity index (χ1n) is 4.96. The molecule has 0 aromatic rings. The molecule has 0 amide bonds. The normalized spacial score (nSPS) is 30.6. The van der Waals surface area contributed by atoms with Gasteiger partial charge in [0.2, 0.25) is 0 Å². The van der Waals surface area contributed by atoms with Gasteiger partial charge in [-0.25, -0.2) is 0 Å². The molecule has 5 heteroatoms. The van der Waals surface area contributed by atoms with E-state index in [1.165, 1.54) is 0 Å². The average Bonchev–Trinajstić information content (AvgIpc) is 2.12. The van der Waals surface area contributed by atoms with Crippen LogP contribution in [0.25, 0.3) is 0 Å². The van der Waals surface area contributed by atoms with Gasteiger partial charge in [0.1, 0.15) is 5.84 Å².